The summed E-state index contributed by atoms with van der Waals surface area (Å²) in [6.07, 6.45) is 1.77. The predicted octanol–water partition coefficient (Wildman–Crippen LogP) is 4.16. The number of anilines is 2. The summed E-state index contributed by atoms with van der Waals surface area (Å²) in [5, 5.41) is 2.85. The third-order valence-corrected chi connectivity index (χ3v) is 4.54. The van der Waals surface area contributed by atoms with E-state index in [9.17, 15) is 9.59 Å². The number of rotatable bonds is 8. The Bertz CT molecular complexity index is 761. The molecule has 0 aliphatic heterocycles. The number of nitrogens with zero attached hydrogens (tertiary/aromatic N) is 1. The molecule has 0 saturated heterocycles. The van der Waals surface area contributed by atoms with Crippen LogP contribution >= 0.6 is 12.4 Å². The number of hydrogen-bond donors (Lipinski definition) is 2. The van der Waals surface area contributed by atoms with E-state index in [4.69, 9.17) is 5.73 Å². The zero-order valence-electron chi connectivity index (χ0n) is 16.8. The van der Waals surface area contributed by atoms with E-state index < -0.39 is 5.54 Å². The lowest BCUT2D eigenvalue weighted by Gasteiger charge is -2.23. The topological polar surface area (TPSA) is 75.4 Å². The first-order valence-electron chi connectivity index (χ1n) is 9.42. The quantitative estimate of drug-likeness (QED) is 0.694. The van der Waals surface area contributed by atoms with Gasteiger partial charge in [0.2, 0.25) is 11.8 Å². The van der Waals surface area contributed by atoms with E-state index in [1.807, 2.05) is 56.3 Å². The second kappa shape index (κ2) is 10.8. The summed E-state index contributed by atoms with van der Waals surface area (Å²) in [4.78, 5) is 26.7. The Morgan fingerprint density at radius 2 is 1.64 bits per heavy atom. The van der Waals surface area contributed by atoms with Crippen LogP contribution in [0.1, 0.15) is 39.2 Å². The molecular weight excluding hydrogens is 374 g/mol. The molecule has 1 atom stereocenters. The molecule has 3 N–H and O–H groups in total. The fraction of sp³-hybridized carbons (Fsp3) is 0.364. The number of hydrogen-bond acceptors (Lipinski definition) is 3. The molecule has 2 aromatic carbocycles. The molecule has 0 aromatic heterocycles. The Labute approximate surface area is 173 Å². The van der Waals surface area contributed by atoms with Crippen LogP contribution in [0.25, 0.3) is 0 Å². The van der Waals surface area contributed by atoms with E-state index in [1.54, 1.807) is 24.0 Å². The fourth-order valence-corrected chi connectivity index (χ4v) is 2.99. The summed E-state index contributed by atoms with van der Waals surface area (Å²) in [6.45, 7) is 6.31. The molecule has 0 fully saturated rings. The fourth-order valence-electron chi connectivity index (χ4n) is 2.99. The SMILES string of the molecule is CCCC(C)(N)C(=O)Nc1ccc(CC(=O)N(CC)c2ccccc2)cc1.Cl. The van der Waals surface area contributed by atoms with Gasteiger partial charge in [-0.15, -0.1) is 12.4 Å². The summed E-state index contributed by atoms with van der Waals surface area (Å²) >= 11 is 0. The molecule has 152 valence electrons. The molecule has 2 rings (SSSR count). The van der Waals surface area contributed by atoms with Gasteiger partial charge in [-0.05, 0) is 50.1 Å². The standard InChI is InChI=1S/C22H29N3O2.ClH/c1-4-15-22(3,23)21(27)24-18-13-11-17(12-14-18)16-20(26)25(5-2)19-9-7-6-8-10-19;/h6-14H,4-5,15-16,23H2,1-3H3,(H,24,27);1H. The first kappa shape index (κ1) is 23.7. The van der Waals surface area contributed by atoms with Crippen molar-refractivity contribution in [1.82, 2.24) is 0 Å². The molecular formula is C22H30ClN3O2. The van der Waals surface area contributed by atoms with Gasteiger partial charge < -0.3 is 16.0 Å². The van der Waals surface area contributed by atoms with Gasteiger partial charge in [0.15, 0.2) is 0 Å². The lowest BCUT2D eigenvalue weighted by molar-refractivity contribution is -0.121. The highest BCUT2D eigenvalue weighted by Gasteiger charge is 2.27. The molecule has 2 aromatic rings. The normalized spacial score (nSPS) is 12.4. The van der Waals surface area contributed by atoms with Gasteiger partial charge in [0.1, 0.15) is 0 Å². The summed E-state index contributed by atoms with van der Waals surface area (Å²) in [5.41, 5.74) is 7.64. The smallest absolute Gasteiger partial charge is 0.244 e. The van der Waals surface area contributed by atoms with E-state index in [1.165, 1.54) is 0 Å². The van der Waals surface area contributed by atoms with Crippen LogP contribution in [0.5, 0.6) is 0 Å². The minimum Gasteiger partial charge on any atom is -0.325 e. The van der Waals surface area contributed by atoms with Gasteiger partial charge in [-0.2, -0.15) is 0 Å². The maximum atomic E-state index is 12.6. The minimum absolute atomic E-state index is 0. The number of nitrogens with one attached hydrogen (secondary N) is 1. The monoisotopic (exact) mass is 403 g/mol. The van der Waals surface area contributed by atoms with Crippen molar-refractivity contribution in [3.63, 3.8) is 0 Å². The number of carbonyl (C=O) groups is 2. The van der Waals surface area contributed by atoms with E-state index in [0.717, 1.165) is 17.7 Å². The molecule has 0 aliphatic carbocycles. The number of amides is 2. The Morgan fingerprint density at radius 1 is 1.04 bits per heavy atom. The van der Waals surface area contributed by atoms with Gasteiger partial charge in [0.05, 0.1) is 12.0 Å². The number of benzene rings is 2. The van der Waals surface area contributed by atoms with Gasteiger partial charge in [-0.3, -0.25) is 9.59 Å². The zero-order valence-corrected chi connectivity index (χ0v) is 17.6. The number of carbonyl (C=O) groups excluding carboxylic acids is 2. The van der Waals surface area contributed by atoms with Crippen LogP contribution in [-0.4, -0.2) is 23.9 Å². The molecule has 5 nitrogen and oxygen atoms in total. The number of likely N-dealkylation sites (N-methyl/N-ethyl adjacent to an activating group) is 1. The van der Waals surface area contributed by atoms with Crippen molar-refractivity contribution < 1.29 is 9.59 Å². The Balaban J connectivity index is 0.00000392. The van der Waals surface area contributed by atoms with Crippen molar-refractivity contribution in [2.45, 2.75) is 45.6 Å². The predicted molar refractivity (Wildman–Crippen MR) is 118 cm³/mol. The number of halogens is 1. The molecule has 0 spiro atoms. The highest BCUT2D eigenvalue weighted by molar-refractivity contribution is 5.98. The molecule has 0 radical (unpaired) electrons. The number of para-hydroxylation sites is 1. The van der Waals surface area contributed by atoms with Crippen molar-refractivity contribution in [2.75, 3.05) is 16.8 Å². The Hall–Kier alpha value is -2.37. The molecule has 28 heavy (non-hydrogen) atoms. The zero-order chi connectivity index (χ0) is 19.9. The maximum absolute atomic E-state index is 12.6. The third kappa shape index (κ3) is 6.36. The number of nitrogens with two attached hydrogens (primary N) is 1. The summed E-state index contributed by atoms with van der Waals surface area (Å²) < 4.78 is 0. The van der Waals surface area contributed by atoms with Crippen LogP contribution in [0.4, 0.5) is 11.4 Å². The molecule has 0 bridgehead atoms. The average Bonchev–Trinajstić information content (AvgIpc) is 2.64. The van der Waals surface area contributed by atoms with Crippen LogP contribution in [0.15, 0.2) is 54.6 Å². The second-order valence-corrected chi connectivity index (χ2v) is 6.97. The second-order valence-electron chi connectivity index (χ2n) is 6.97. The first-order valence-corrected chi connectivity index (χ1v) is 9.42. The summed E-state index contributed by atoms with van der Waals surface area (Å²) in [7, 11) is 0. The van der Waals surface area contributed by atoms with Crippen LogP contribution in [0.3, 0.4) is 0 Å². The van der Waals surface area contributed by atoms with Crippen LogP contribution in [-0.2, 0) is 16.0 Å². The van der Waals surface area contributed by atoms with E-state index >= 15 is 0 Å². The summed E-state index contributed by atoms with van der Waals surface area (Å²) in [5.74, 6) is -0.160. The molecule has 0 saturated carbocycles. The maximum Gasteiger partial charge on any atom is 0.244 e. The van der Waals surface area contributed by atoms with Gasteiger partial charge in [-0.25, -0.2) is 0 Å². The highest BCUT2D eigenvalue weighted by atomic mass is 35.5. The molecule has 2 amide bonds. The van der Waals surface area contributed by atoms with Crippen molar-refractivity contribution in [1.29, 1.82) is 0 Å². The van der Waals surface area contributed by atoms with Crippen molar-refractivity contribution in [3.8, 4) is 0 Å². The van der Waals surface area contributed by atoms with Crippen LogP contribution in [0, 0.1) is 0 Å². The Morgan fingerprint density at radius 3 is 2.18 bits per heavy atom. The van der Waals surface area contributed by atoms with E-state index in [2.05, 4.69) is 5.32 Å². The van der Waals surface area contributed by atoms with Crippen LogP contribution in [0.2, 0.25) is 0 Å². The van der Waals surface area contributed by atoms with Gasteiger partial charge in [0.25, 0.3) is 0 Å². The largest absolute Gasteiger partial charge is 0.325 e. The van der Waals surface area contributed by atoms with Gasteiger partial charge in [-0.1, -0.05) is 43.7 Å². The first-order chi connectivity index (χ1) is 12.9. The molecule has 0 heterocycles. The Kier molecular flexibility index (Phi) is 9.16. The van der Waals surface area contributed by atoms with Gasteiger partial charge in [0, 0.05) is 17.9 Å². The van der Waals surface area contributed by atoms with Crippen molar-refractivity contribution in [2.24, 2.45) is 5.73 Å². The third-order valence-electron chi connectivity index (χ3n) is 4.54. The van der Waals surface area contributed by atoms with Crippen molar-refractivity contribution >= 4 is 35.6 Å². The van der Waals surface area contributed by atoms with E-state index in [-0.39, 0.29) is 24.2 Å². The highest BCUT2D eigenvalue weighted by Crippen LogP contribution is 2.17. The van der Waals surface area contributed by atoms with Crippen molar-refractivity contribution in [3.05, 3.63) is 60.2 Å². The minimum atomic E-state index is -0.888. The molecule has 1 unspecified atom stereocenters. The van der Waals surface area contributed by atoms with E-state index in [0.29, 0.717) is 25.1 Å². The average molecular weight is 404 g/mol. The molecule has 0 aliphatic rings. The summed E-state index contributed by atoms with van der Waals surface area (Å²) in [6, 6.07) is 17.0. The molecule has 6 heteroatoms. The lowest BCUT2D eigenvalue weighted by atomic mass is 9.96. The van der Waals surface area contributed by atoms with Gasteiger partial charge >= 0.3 is 0 Å². The van der Waals surface area contributed by atoms with Crippen LogP contribution < -0.4 is 16.0 Å². The lowest BCUT2D eigenvalue weighted by Crippen LogP contribution is -2.48.